The third kappa shape index (κ3) is 6.63. The number of benzene rings is 1. The second-order valence-electron chi connectivity index (χ2n) is 3.98. The first-order valence-corrected chi connectivity index (χ1v) is 5.60. The number of nitrogens with zero attached hydrogens (tertiary/aromatic N) is 1. The maximum atomic E-state index is 12.1. The predicted octanol–water partition coefficient (Wildman–Crippen LogP) is 2.31. The van der Waals surface area contributed by atoms with Gasteiger partial charge in [-0.3, -0.25) is 4.79 Å². The number of alkyl halides is 3. The van der Waals surface area contributed by atoms with Gasteiger partial charge in [-0.15, -0.1) is 25.6 Å². The highest BCUT2D eigenvalue weighted by Crippen LogP contribution is 2.23. The van der Waals surface area contributed by atoms with Crippen LogP contribution in [0.3, 0.4) is 0 Å². The van der Waals surface area contributed by atoms with E-state index in [1.165, 1.54) is 23.1 Å². The summed E-state index contributed by atoms with van der Waals surface area (Å²) in [5, 5.41) is 0. The molecule has 0 aliphatic rings. The van der Waals surface area contributed by atoms with E-state index < -0.39 is 6.36 Å². The number of hydrogen-bond acceptors (Lipinski definition) is 3. The molecule has 4 nitrogen and oxygen atoms in total. The average Bonchev–Trinajstić information content (AvgIpc) is 2.27. The van der Waals surface area contributed by atoms with Crippen LogP contribution in [0.1, 0.15) is 12.0 Å². The largest absolute Gasteiger partial charge is 0.573 e. The number of halogens is 4. The molecule has 0 bridgehead atoms. The Balaban J connectivity index is 0.00000361. The van der Waals surface area contributed by atoms with E-state index in [0.29, 0.717) is 5.56 Å². The lowest BCUT2D eigenvalue weighted by atomic mass is 10.2. The summed E-state index contributed by atoms with van der Waals surface area (Å²) >= 11 is 0. The zero-order valence-corrected chi connectivity index (χ0v) is 11.6. The van der Waals surface area contributed by atoms with Gasteiger partial charge in [0.25, 0.3) is 0 Å². The van der Waals surface area contributed by atoms with Gasteiger partial charge in [-0.25, -0.2) is 0 Å². The number of nitrogens with two attached hydrogens (primary N) is 1. The van der Waals surface area contributed by atoms with Crippen molar-refractivity contribution >= 4 is 18.3 Å². The smallest absolute Gasteiger partial charge is 0.406 e. The lowest BCUT2D eigenvalue weighted by Gasteiger charge is -2.17. The molecule has 0 atom stereocenters. The fourth-order valence-electron chi connectivity index (χ4n) is 1.52. The highest BCUT2D eigenvalue weighted by atomic mass is 35.5. The van der Waals surface area contributed by atoms with Crippen molar-refractivity contribution < 1.29 is 22.7 Å². The molecular weight excluding hydrogens is 297 g/mol. The van der Waals surface area contributed by atoms with Gasteiger partial charge in [-0.1, -0.05) is 12.1 Å². The molecule has 0 saturated heterocycles. The van der Waals surface area contributed by atoms with E-state index in [-0.39, 0.29) is 43.6 Å². The summed E-state index contributed by atoms with van der Waals surface area (Å²) in [4.78, 5) is 12.9. The Labute approximate surface area is 121 Å². The van der Waals surface area contributed by atoms with Crippen LogP contribution in [0.25, 0.3) is 0 Å². The van der Waals surface area contributed by atoms with Crippen molar-refractivity contribution in [3.05, 3.63) is 29.8 Å². The van der Waals surface area contributed by atoms with Crippen LogP contribution in [0.2, 0.25) is 0 Å². The quantitative estimate of drug-likeness (QED) is 0.908. The van der Waals surface area contributed by atoms with E-state index in [0.717, 1.165) is 0 Å². The maximum absolute atomic E-state index is 12.1. The first-order valence-electron chi connectivity index (χ1n) is 5.60. The molecule has 20 heavy (non-hydrogen) atoms. The maximum Gasteiger partial charge on any atom is 0.573 e. The van der Waals surface area contributed by atoms with Crippen LogP contribution in [0.15, 0.2) is 24.3 Å². The van der Waals surface area contributed by atoms with Gasteiger partial charge in [0.2, 0.25) is 5.91 Å². The van der Waals surface area contributed by atoms with E-state index in [9.17, 15) is 18.0 Å². The van der Waals surface area contributed by atoms with Crippen LogP contribution in [0.5, 0.6) is 5.75 Å². The van der Waals surface area contributed by atoms with Gasteiger partial charge in [0.15, 0.2) is 0 Å². The zero-order chi connectivity index (χ0) is 14.5. The molecule has 114 valence electrons. The highest BCUT2D eigenvalue weighted by Gasteiger charge is 2.31. The molecule has 0 spiro atoms. The molecule has 8 heteroatoms. The molecule has 1 amide bonds. The van der Waals surface area contributed by atoms with E-state index >= 15 is 0 Å². The molecule has 0 aromatic heterocycles. The van der Waals surface area contributed by atoms with Crippen molar-refractivity contribution in [1.29, 1.82) is 0 Å². The zero-order valence-electron chi connectivity index (χ0n) is 10.8. The summed E-state index contributed by atoms with van der Waals surface area (Å²) in [5.41, 5.74) is 5.81. The Kier molecular flexibility index (Phi) is 7.38. The molecule has 0 fully saturated rings. The van der Waals surface area contributed by atoms with E-state index in [1.807, 2.05) is 0 Å². The summed E-state index contributed by atoms with van der Waals surface area (Å²) < 4.78 is 40.0. The van der Waals surface area contributed by atoms with Crippen molar-refractivity contribution in [2.24, 2.45) is 5.73 Å². The lowest BCUT2D eigenvalue weighted by molar-refractivity contribution is -0.274. The summed E-state index contributed by atoms with van der Waals surface area (Å²) in [6.45, 7) is 0.439. The number of carbonyl (C=O) groups excluding carboxylic acids is 1. The van der Waals surface area contributed by atoms with E-state index in [4.69, 9.17) is 5.73 Å². The fourth-order valence-corrected chi connectivity index (χ4v) is 1.52. The van der Waals surface area contributed by atoms with Crippen LogP contribution >= 0.6 is 12.4 Å². The molecule has 0 aliphatic heterocycles. The first kappa shape index (κ1) is 18.5. The standard InChI is InChI=1S/C12H15F3N2O2.ClH/c1-17(11(18)5-6-16)8-9-3-2-4-10(7-9)19-12(13,14)15;/h2-4,7H,5-6,8,16H2,1H3;1H. The van der Waals surface area contributed by atoms with Gasteiger partial charge in [0.1, 0.15) is 5.75 Å². The first-order chi connectivity index (χ1) is 8.81. The Hall–Kier alpha value is -1.47. The van der Waals surface area contributed by atoms with Gasteiger partial charge in [0.05, 0.1) is 0 Å². The summed E-state index contributed by atoms with van der Waals surface area (Å²) in [6, 6.07) is 5.52. The van der Waals surface area contributed by atoms with Crippen molar-refractivity contribution in [2.45, 2.75) is 19.3 Å². The molecule has 0 heterocycles. The molecule has 0 radical (unpaired) electrons. The molecule has 1 aromatic rings. The Morgan fingerprint density at radius 2 is 2.05 bits per heavy atom. The second kappa shape index (κ2) is 7.96. The number of amides is 1. The predicted molar refractivity (Wildman–Crippen MR) is 70.5 cm³/mol. The van der Waals surface area contributed by atoms with Crippen LogP contribution in [0, 0.1) is 0 Å². The molecule has 0 aliphatic carbocycles. The minimum absolute atomic E-state index is 0. The summed E-state index contributed by atoms with van der Waals surface area (Å²) in [7, 11) is 1.56. The van der Waals surface area contributed by atoms with Crippen LogP contribution in [-0.4, -0.2) is 30.8 Å². The normalized spacial score (nSPS) is 10.7. The fraction of sp³-hybridized carbons (Fsp3) is 0.417. The van der Waals surface area contributed by atoms with Crippen molar-refractivity contribution in [3.63, 3.8) is 0 Å². The number of rotatable bonds is 5. The number of carbonyl (C=O) groups is 1. The topological polar surface area (TPSA) is 55.6 Å². The molecular formula is C12H16ClF3N2O2. The van der Waals surface area contributed by atoms with Gasteiger partial charge in [0, 0.05) is 26.6 Å². The highest BCUT2D eigenvalue weighted by molar-refractivity contribution is 5.85. The molecule has 2 N–H and O–H groups in total. The van der Waals surface area contributed by atoms with E-state index in [1.54, 1.807) is 13.1 Å². The van der Waals surface area contributed by atoms with Crippen molar-refractivity contribution in [3.8, 4) is 5.75 Å². The van der Waals surface area contributed by atoms with Gasteiger partial charge in [-0.05, 0) is 17.7 Å². The molecule has 1 rings (SSSR count). The second-order valence-corrected chi connectivity index (χ2v) is 3.98. The minimum Gasteiger partial charge on any atom is -0.406 e. The van der Waals surface area contributed by atoms with Gasteiger partial charge < -0.3 is 15.4 Å². The van der Waals surface area contributed by atoms with E-state index in [2.05, 4.69) is 4.74 Å². The minimum atomic E-state index is -4.72. The average molecular weight is 313 g/mol. The van der Waals surface area contributed by atoms with Crippen LogP contribution < -0.4 is 10.5 Å². The SMILES string of the molecule is CN(Cc1cccc(OC(F)(F)F)c1)C(=O)CCN.Cl. The molecule has 0 unspecified atom stereocenters. The van der Waals surface area contributed by atoms with Crippen LogP contribution in [0.4, 0.5) is 13.2 Å². The van der Waals surface area contributed by atoms with Crippen molar-refractivity contribution in [2.75, 3.05) is 13.6 Å². The number of hydrogen-bond donors (Lipinski definition) is 1. The Morgan fingerprint density at radius 3 is 2.60 bits per heavy atom. The third-order valence-corrected chi connectivity index (χ3v) is 2.34. The Morgan fingerprint density at radius 1 is 1.40 bits per heavy atom. The lowest BCUT2D eigenvalue weighted by Crippen LogP contribution is -2.28. The molecule has 1 aromatic carbocycles. The summed E-state index contributed by atoms with van der Waals surface area (Å²) in [6.07, 6.45) is -4.52. The van der Waals surface area contributed by atoms with Gasteiger partial charge in [-0.2, -0.15) is 0 Å². The van der Waals surface area contributed by atoms with Crippen molar-refractivity contribution in [1.82, 2.24) is 4.90 Å². The molecule has 0 saturated carbocycles. The monoisotopic (exact) mass is 312 g/mol. The third-order valence-electron chi connectivity index (χ3n) is 2.34. The number of ether oxygens (including phenoxy) is 1. The van der Waals surface area contributed by atoms with Gasteiger partial charge >= 0.3 is 6.36 Å². The summed E-state index contributed by atoms with van der Waals surface area (Å²) in [5.74, 6) is -0.464. The van der Waals surface area contributed by atoms with Crippen LogP contribution in [-0.2, 0) is 11.3 Å². The Bertz CT molecular complexity index is 441.